The molecular weight excluding hydrogens is 374 g/mol. The highest BCUT2D eigenvalue weighted by molar-refractivity contribution is 6.21. The molecule has 0 radical (unpaired) electrons. The number of hydrogen-bond acceptors (Lipinski definition) is 3. The highest BCUT2D eigenvalue weighted by Crippen LogP contribution is 2.41. The average molecular weight is 397 g/mol. The van der Waals surface area contributed by atoms with Crippen LogP contribution in [0.1, 0.15) is 31.8 Å². The number of aryl methyl sites for hydroxylation is 1. The lowest BCUT2D eigenvalue weighted by Gasteiger charge is -2.40. The van der Waals surface area contributed by atoms with Crippen LogP contribution < -0.4 is 0 Å². The maximum Gasteiger partial charge on any atom is 0.261 e. The summed E-state index contributed by atoms with van der Waals surface area (Å²) >= 11 is 0. The van der Waals surface area contributed by atoms with Gasteiger partial charge in [-0.2, -0.15) is 0 Å². The van der Waals surface area contributed by atoms with E-state index in [0.717, 1.165) is 13.0 Å². The summed E-state index contributed by atoms with van der Waals surface area (Å²) in [5.74, 6) is -0.228. The fraction of sp³-hybridized carbons (Fsp3) is 0.280. The number of benzene rings is 2. The predicted molar refractivity (Wildman–Crippen MR) is 116 cm³/mol. The maximum absolute atomic E-state index is 12.8. The molecule has 5 heteroatoms. The number of amides is 2. The normalized spacial score (nSPS) is 23.0. The van der Waals surface area contributed by atoms with E-state index >= 15 is 0 Å². The first-order chi connectivity index (χ1) is 14.5. The first kappa shape index (κ1) is 17.7. The summed E-state index contributed by atoms with van der Waals surface area (Å²) in [6, 6.07) is 14.0. The monoisotopic (exact) mass is 397 g/mol. The standard InChI is InChI=1S/C25H23N3O2/c1-26-12-15(13-28-24(29)18-6-3-4-7-19(18)25(28)30)10-20-17-8-5-9-21-23(17)16(11-22(20)26)14-27(21)2/h3-10,14-15,22H,11-13H2,1-2H3/t15-,22-/m1/s1. The second kappa shape index (κ2) is 6.16. The molecule has 2 aliphatic heterocycles. The quantitative estimate of drug-likeness (QED) is 0.623. The van der Waals surface area contributed by atoms with Crippen LogP contribution in [0.4, 0.5) is 0 Å². The Kier molecular flexibility index (Phi) is 3.63. The zero-order chi connectivity index (χ0) is 20.6. The van der Waals surface area contributed by atoms with Crippen LogP contribution in [0.25, 0.3) is 16.5 Å². The van der Waals surface area contributed by atoms with E-state index in [-0.39, 0.29) is 17.7 Å². The number of nitrogens with zero attached hydrogens (tertiary/aromatic N) is 3. The molecule has 0 spiro atoms. The topological polar surface area (TPSA) is 45.6 Å². The number of rotatable bonds is 2. The smallest absolute Gasteiger partial charge is 0.261 e. The van der Waals surface area contributed by atoms with Crippen molar-refractivity contribution in [3.63, 3.8) is 0 Å². The van der Waals surface area contributed by atoms with E-state index < -0.39 is 0 Å². The minimum Gasteiger partial charge on any atom is -0.350 e. The summed E-state index contributed by atoms with van der Waals surface area (Å²) in [5.41, 5.74) is 6.32. The molecule has 0 N–H and O–H groups in total. The summed E-state index contributed by atoms with van der Waals surface area (Å²) in [7, 11) is 4.26. The maximum atomic E-state index is 12.8. The average Bonchev–Trinajstić information content (AvgIpc) is 3.20. The van der Waals surface area contributed by atoms with Gasteiger partial charge in [0.05, 0.1) is 11.1 Å². The number of aromatic nitrogens is 1. The van der Waals surface area contributed by atoms with E-state index in [1.54, 1.807) is 12.1 Å². The van der Waals surface area contributed by atoms with Crippen molar-refractivity contribution in [2.24, 2.45) is 13.0 Å². The molecule has 0 unspecified atom stereocenters. The van der Waals surface area contributed by atoms with Crippen LogP contribution in [0.15, 0.2) is 54.7 Å². The van der Waals surface area contributed by atoms with Gasteiger partial charge in [-0.15, -0.1) is 0 Å². The number of fused-ring (bicyclic) bond motifs is 3. The molecule has 150 valence electrons. The van der Waals surface area contributed by atoms with Crippen LogP contribution in [-0.4, -0.2) is 52.4 Å². The number of hydrogen-bond donors (Lipinski definition) is 0. The SMILES string of the molecule is CN1C[C@H](CN2C(=O)c3ccccc3C2=O)C=C2c3cccc4c3c(cn4C)C[C@H]21. The first-order valence-corrected chi connectivity index (χ1v) is 10.5. The molecule has 5 nitrogen and oxygen atoms in total. The lowest BCUT2D eigenvalue weighted by molar-refractivity contribution is 0.0626. The molecular formula is C25H23N3O2. The summed E-state index contributed by atoms with van der Waals surface area (Å²) < 4.78 is 2.21. The van der Waals surface area contributed by atoms with Crippen molar-refractivity contribution < 1.29 is 9.59 Å². The number of imide groups is 1. The highest BCUT2D eigenvalue weighted by Gasteiger charge is 2.39. The fourth-order valence-electron chi connectivity index (χ4n) is 5.58. The summed E-state index contributed by atoms with van der Waals surface area (Å²) in [4.78, 5) is 29.5. The van der Waals surface area contributed by atoms with Gasteiger partial charge in [-0.05, 0) is 48.4 Å². The molecule has 0 bridgehead atoms. The second-order valence-electron chi connectivity index (χ2n) is 8.77. The Bertz CT molecular complexity index is 1230. The molecule has 2 atom stereocenters. The second-order valence-corrected chi connectivity index (χ2v) is 8.77. The van der Waals surface area contributed by atoms with Gasteiger partial charge in [-0.3, -0.25) is 19.4 Å². The fourth-order valence-corrected chi connectivity index (χ4v) is 5.58. The van der Waals surface area contributed by atoms with E-state index in [1.807, 2.05) is 12.1 Å². The summed E-state index contributed by atoms with van der Waals surface area (Å²) in [5, 5.41) is 1.34. The molecule has 3 heterocycles. The Morgan fingerprint density at radius 1 is 0.933 bits per heavy atom. The Morgan fingerprint density at radius 2 is 1.63 bits per heavy atom. The molecule has 0 saturated carbocycles. The lowest BCUT2D eigenvalue weighted by Crippen LogP contribution is -2.46. The first-order valence-electron chi connectivity index (χ1n) is 10.5. The van der Waals surface area contributed by atoms with E-state index in [4.69, 9.17) is 0 Å². The Morgan fingerprint density at radius 3 is 2.37 bits per heavy atom. The van der Waals surface area contributed by atoms with Crippen LogP contribution in [0, 0.1) is 5.92 Å². The Hall–Kier alpha value is -3.18. The van der Waals surface area contributed by atoms with Crippen LogP contribution in [0.5, 0.6) is 0 Å². The van der Waals surface area contributed by atoms with Gasteiger partial charge in [0.1, 0.15) is 0 Å². The number of carbonyl (C=O) groups is 2. The molecule has 3 aromatic rings. The van der Waals surface area contributed by atoms with Crippen LogP contribution in [0.2, 0.25) is 0 Å². The van der Waals surface area contributed by atoms with E-state index in [2.05, 4.69) is 54.0 Å². The molecule has 0 fully saturated rings. The van der Waals surface area contributed by atoms with Gasteiger partial charge in [0.25, 0.3) is 11.8 Å². The molecule has 2 aromatic carbocycles. The van der Waals surface area contributed by atoms with Crippen molar-refractivity contribution in [1.29, 1.82) is 0 Å². The number of likely N-dealkylation sites (N-methyl/N-ethyl adjacent to an activating group) is 1. The van der Waals surface area contributed by atoms with E-state index in [9.17, 15) is 9.59 Å². The Labute approximate surface area is 175 Å². The molecule has 1 aromatic heterocycles. The molecule has 3 aliphatic rings. The predicted octanol–water partition coefficient (Wildman–Crippen LogP) is 3.34. The van der Waals surface area contributed by atoms with Crippen molar-refractivity contribution in [3.8, 4) is 0 Å². The van der Waals surface area contributed by atoms with Crippen molar-refractivity contribution >= 4 is 28.3 Å². The van der Waals surface area contributed by atoms with Gasteiger partial charge < -0.3 is 4.57 Å². The van der Waals surface area contributed by atoms with Gasteiger partial charge in [0.15, 0.2) is 0 Å². The van der Waals surface area contributed by atoms with Gasteiger partial charge in [0.2, 0.25) is 0 Å². The van der Waals surface area contributed by atoms with Gasteiger partial charge in [-0.1, -0.05) is 30.3 Å². The van der Waals surface area contributed by atoms with Crippen LogP contribution >= 0.6 is 0 Å². The lowest BCUT2D eigenvalue weighted by atomic mass is 9.80. The third-order valence-electron chi connectivity index (χ3n) is 6.94. The van der Waals surface area contributed by atoms with E-state index in [0.29, 0.717) is 23.7 Å². The zero-order valence-corrected chi connectivity index (χ0v) is 17.1. The molecule has 6 rings (SSSR count). The highest BCUT2D eigenvalue weighted by atomic mass is 16.2. The third kappa shape index (κ3) is 2.33. The molecule has 2 amide bonds. The molecule has 0 saturated heterocycles. The van der Waals surface area contributed by atoms with Crippen molar-refractivity contribution in [3.05, 3.63) is 77.0 Å². The Balaban J connectivity index is 1.38. The minimum absolute atomic E-state index is 0.115. The van der Waals surface area contributed by atoms with Crippen molar-refractivity contribution in [2.75, 3.05) is 20.1 Å². The third-order valence-corrected chi connectivity index (χ3v) is 6.94. The summed E-state index contributed by atoms with van der Waals surface area (Å²) in [6.07, 6.45) is 5.57. The number of carbonyl (C=O) groups excluding carboxylic acids is 2. The van der Waals surface area contributed by atoms with Gasteiger partial charge in [0, 0.05) is 49.2 Å². The summed E-state index contributed by atoms with van der Waals surface area (Å²) in [6.45, 7) is 1.25. The van der Waals surface area contributed by atoms with Crippen LogP contribution in [0.3, 0.4) is 0 Å². The van der Waals surface area contributed by atoms with Crippen molar-refractivity contribution in [1.82, 2.24) is 14.4 Å². The zero-order valence-electron chi connectivity index (χ0n) is 17.1. The van der Waals surface area contributed by atoms with Crippen molar-refractivity contribution in [2.45, 2.75) is 12.5 Å². The van der Waals surface area contributed by atoms with Gasteiger partial charge >= 0.3 is 0 Å². The molecule has 1 aliphatic carbocycles. The van der Waals surface area contributed by atoms with Crippen LogP contribution in [-0.2, 0) is 13.5 Å². The minimum atomic E-state index is -0.171. The van der Waals surface area contributed by atoms with Gasteiger partial charge in [-0.25, -0.2) is 0 Å². The molecule has 30 heavy (non-hydrogen) atoms. The largest absolute Gasteiger partial charge is 0.350 e. The van der Waals surface area contributed by atoms with E-state index in [1.165, 1.54) is 32.5 Å².